The SMILES string of the molecule is O=C(NCCOc1ccccc1)[C@@H]1COC[C@@H](c2ccccc2)O1. The van der Waals surface area contributed by atoms with Gasteiger partial charge in [0, 0.05) is 0 Å². The third kappa shape index (κ3) is 4.57. The van der Waals surface area contributed by atoms with Gasteiger partial charge in [-0.15, -0.1) is 0 Å². The Labute approximate surface area is 141 Å². The van der Waals surface area contributed by atoms with Gasteiger partial charge in [0.2, 0.25) is 0 Å². The number of amides is 1. The maximum Gasteiger partial charge on any atom is 0.251 e. The second kappa shape index (κ2) is 8.47. The van der Waals surface area contributed by atoms with Crippen molar-refractivity contribution in [2.75, 3.05) is 26.4 Å². The van der Waals surface area contributed by atoms with Crippen LogP contribution in [0, 0.1) is 0 Å². The molecule has 5 heteroatoms. The predicted molar refractivity (Wildman–Crippen MR) is 89.8 cm³/mol. The van der Waals surface area contributed by atoms with E-state index in [4.69, 9.17) is 14.2 Å². The molecule has 0 spiro atoms. The molecule has 0 unspecified atom stereocenters. The summed E-state index contributed by atoms with van der Waals surface area (Å²) in [6.45, 7) is 1.56. The molecule has 1 heterocycles. The molecule has 2 aromatic carbocycles. The molecule has 1 N–H and O–H groups in total. The van der Waals surface area contributed by atoms with E-state index in [-0.39, 0.29) is 18.6 Å². The van der Waals surface area contributed by atoms with Crippen molar-refractivity contribution in [1.82, 2.24) is 5.32 Å². The molecule has 3 rings (SSSR count). The zero-order chi connectivity index (χ0) is 16.6. The maximum atomic E-state index is 12.2. The summed E-state index contributed by atoms with van der Waals surface area (Å²) in [7, 11) is 0. The summed E-state index contributed by atoms with van der Waals surface area (Å²) in [5.74, 6) is 0.612. The number of nitrogens with one attached hydrogen (secondary N) is 1. The quantitative estimate of drug-likeness (QED) is 0.828. The molecule has 1 fully saturated rings. The first kappa shape index (κ1) is 16.5. The Balaban J connectivity index is 1.43. The van der Waals surface area contributed by atoms with Crippen LogP contribution in [-0.4, -0.2) is 38.4 Å². The number of carbonyl (C=O) groups is 1. The molecule has 0 saturated carbocycles. The molecule has 1 saturated heterocycles. The van der Waals surface area contributed by atoms with Crippen LogP contribution in [0.15, 0.2) is 60.7 Å². The fraction of sp³-hybridized carbons (Fsp3) is 0.316. The van der Waals surface area contributed by atoms with Crippen molar-refractivity contribution < 1.29 is 19.0 Å². The average molecular weight is 327 g/mol. The van der Waals surface area contributed by atoms with Gasteiger partial charge in [0.05, 0.1) is 19.8 Å². The number of hydrogen-bond donors (Lipinski definition) is 1. The van der Waals surface area contributed by atoms with Gasteiger partial charge in [0.15, 0.2) is 6.10 Å². The maximum absolute atomic E-state index is 12.2. The highest BCUT2D eigenvalue weighted by molar-refractivity contribution is 5.81. The highest BCUT2D eigenvalue weighted by atomic mass is 16.6. The minimum absolute atomic E-state index is 0.174. The van der Waals surface area contributed by atoms with E-state index in [1.807, 2.05) is 60.7 Å². The Morgan fingerprint density at radius 3 is 2.50 bits per heavy atom. The van der Waals surface area contributed by atoms with Gasteiger partial charge >= 0.3 is 0 Å². The van der Waals surface area contributed by atoms with Gasteiger partial charge in [-0.1, -0.05) is 48.5 Å². The van der Waals surface area contributed by atoms with E-state index in [1.54, 1.807) is 0 Å². The van der Waals surface area contributed by atoms with Crippen LogP contribution < -0.4 is 10.1 Å². The number of carbonyl (C=O) groups excluding carboxylic acids is 1. The predicted octanol–water partition coefficient (Wildman–Crippen LogP) is 2.34. The van der Waals surface area contributed by atoms with Crippen molar-refractivity contribution in [2.24, 2.45) is 0 Å². The van der Waals surface area contributed by atoms with Gasteiger partial charge in [-0.3, -0.25) is 4.79 Å². The summed E-state index contributed by atoms with van der Waals surface area (Å²) in [4.78, 5) is 12.2. The lowest BCUT2D eigenvalue weighted by molar-refractivity contribution is -0.165. The summed E-state index contributed by atoms with van der Waals surface area (Å²) in [5.41, 5.74) is 1.02. The fourth-order valence-electron chi connectivity index (χ4n) is 2.51. The zero-order valence-corrected chi connectivity index (χ0v) is 13.4. The minimum atomic E-state index is -0.597. The molecule has 24 heavy (non-hydrogen) atoms. The van der Waals surface area contributed by atoms with Gasteiger partial charge in [-0.2, -0.15) is 0 Å². The number of ether oxygens (including phenoxy) is 3. The molecule has 2 atom stereocenters. The number of para-hydroxylation sites is 1. The minimum Gasteiger partial charge on any atom is -0.492 e. The van der Waals surface area contributed by atoms with E-state index in [9.17, 15) is 4.79 Å². The molecular weight excluding hydrogens is 306 g/mol. The Hall–Kier alpha value is -2.37. The Morgan fingerprint density at radius 2 is 1.75 bits per heavy atom. The lowest BCUT2D eigenvalue weighted by Crippen LogP contribution is -2.44. The highest BCUT2D eigenvalue weighted by Crippen LogP contribution is 2.23. The summed E-state index contributed by atoms with van der Waals surface area (Å²) >= 11 is 0. The average Bonchev–Trinajstić information content (AvgIpc) is 2.67. The molecule has 0 bridgehead atoms. The number of hydrogen-bond acceptors (Lipinski definition) is 4. The van der Waals surface area contributed by atoms with E-state index in [2.05, 4.69) is 5.32 Å². The molecule has 1 aliphatic heterocycles. The molecular formula is C19H21NO4. The first-order chi connectivity index (χ1) is 11.8. The molecule has 5 nitrogen and oxygen atoms in total. The van der Waals surface area contributed by atoms with Gasteiger partial charge in [0.1, 0.15) is 18.5 Å². The van der Waals surface area contributed by atoms with Crippen LogP contribution in [0.25, 0.3) is 0 Å². The summed E-state index contributed by atoms with van der Waals surface area (Å²) in [6.07, 6.45) is -0.808. The third-order valence-corrected chi connectivity index (χ3v) is 3.74. The van der Waals surface area contributed by atoms with Crippen molar-refractivity contribution in [2.45, 2.75) is 12.2 Å². The van der Waals surface area contributed by atoms with E-state index in [1.165, 1.54) is 0 Å². The molecule has 2 aromatic rings. The van der Waals surface area contributed by atoms with Crippen molar-refractivity contribution in [1.29, 1.82) is 0 Å². The Bertz CT molecular complexity index is 632. The molecule has 0 aliphatic carbocycles. The van der Waals surface area contributed by atoms with Gasteiger partial charge in [-0.05, 0) is 17.7 Å². The number of rotatable bonds is 6. The van der Waals surface area contributed by atoms with Crippen LogP contribution in [0.1, 0.15) is 11.7 Å². The monoisotopic (exact) mass is 327 g/mol. The van der Waals surface area contributed by atoms with Crippen LogP contribution in [-0.2, 0) is 14.3 Å². The van der Waals surface area contributed by atoms with Crippen LogP contribution in [0.3, 0.4) is 0 Å². The molecule has 0 aromatic heterocycles. The lowest BCUT2D eigenvalue weighted by Gasteiger charge is -2.29. The molecule has 1 amide bonds. The summed E-state index contributed by atoms with van der Waals surface area (Å²) < 4.78 is 16.9. The molecule has 0 radical (unpaired) electrons. The lowest BCUT2D eigenvalue weighted by atomic mass is 10.1. The first-order valence-corrected chi connectivity index (χ1v) is 8.06. The largest absolute Gasteiger partial charge is 0.492 e. The van der Waals surface area contributed by atoms with Gasteiger partial charge in [-0.25, -0.2) is 0 Å². The zero-order valence-electron chi connectivity index (χ0n) is 13.4. The van der Waals surface area contributed by atoms with E-state index in [0.717, 1.165) is 11.3 Å². The van der Waals surface area contributed by atoms with E-state index < -0.39 is 6.10 Å². The number of benzene rings is 2. The standard InChI is InChI=1S/C19H21NO4/c21-19(20-11-12-23-16-9-5-2-6-10-16)18-14-22-13-17(24-18)15-7-3-1-4-8-15/h1-10,17-18H,11-14H2,(H,20,21)/t17-,18-/m0/s1. The molecule has 126 valence electrons. The topological polar surface area (TPSA) is 56.8 Å². The van der Waals surface area contributed by atoms with Crippen LogP contribution in [0.4, 0.5) is 0 Å². The first-order valence-electron chi connectivity index (χ1n) is 8.06. The van der Waals surface area contributed by atoms with E-state index in [0.29, 0.717) is 19.8 Å². The Morgan fingerprint density at radius 1 is 1.04 bits per heavy atom. The fourth-order valence-corrected chi connectivity index (χ4v) is 2.51. The van der Waals surface area contributed by atoms with Crippen molar-refractivity contribution in [3.05, 3.63) is 66.2 Å². The van der Waals surface area contributed by atoms with Crippen molar-refractivity contribution >= 4 is 5.91 Å². The van der Waals surface area contributed by atoms with Crippen LogP contribution in [0.5, 0.6) is 5.75 Å². The second-order valence-corrected chi connectivity index (χ2v) is 5.51. The van der Waals surface area contributed by atoms with Gasteiger partial charge < -0.3 is 19.5 Å². The van der Waals surface area contributed by atoms with Crippen LogP contribution in [0.2, 0.25) is 0 Å². The van der Waals surface area contributed by atoms with E-state index >= 15 is 0 Å². The van der Waals surface area contributed by atoms with Crippen molar-refractivity contribution in [3.63, 3.8) is 0 Å². The van der Waals surface area contributed by atoms with Gasteiger partial charge in [0.25, 0.3) is 5.91 Å². The molecule has 1 aliphatic rings. The third-order valence-electron chi connectivity index (χ3n) is 3.74. The Kier molecular flexibility index (Phi) is 5.82. The van der Waals surface area contributed by atoms with Crippen molar-refractivity contribution in [3.8, 4) is 5.75 Å². The highest BCUT2D eigenvalue weighted by Gasteiger charge is 2.29. The smallest absolute Gasteiger partial charge is 0.251 e. The van der Waals surface area contributed by atoms with Crippen LogP contribution >= 0.6 is 0 Å². The normalized spacial score (nSPS) is 20.3. The second-order valence-electron chi connectivity index (χ2n) is 5.51. The summed E-state index contributed by atoms with van der Waals surface area (Å²) in [6, 6.07) is 19.3. The summed E-state index contributed by atoms with van der Waals surface area (Å²) in [5, 5.41) is 2.83.